The van der Waals surface area contributed by atoms with E-state index in [2.05, 4.69) is 11.6 Å². The first-order chi connectivity index (χ1) is 21.2. The van der Waals surface area contributed by atoms with Crippen molar-refractivity contribution in [1.82, 2.24) is 4.98 Å². The van der Waals surface area contributed by atoms with Crippen molar-refractivity contribution in [3.05, 3.63) is 48.0 Å². The number of nitrogens with zero attached hydrogens (tertiary/aromatic N) is 1. The second-order valence-electron chi connectivity index (χ2n) is 10.1. The monoisotopic (exact) mass is 641 g/mol. The van der Waals surface area contributed by atoms with Gasteiger partial charge in [-0.05, 0) is 18.2 Å². The van der Waals surface area contributed by atoms with Crippen LogP contribution < -0.4 is 9.47 Å². The normalized spacial score (nSPS) is 31.8. The number of carbonyl (C=O) groups is 2. The number of benzene rings is 2. The fourth-order valence-electron chi connectivity index (χ4n) is 4.72. The molecular formula is C27H25F2NO15. The SMILES string of the molecule is C=Cc1cc(O[C@@H]2O[C@H](C(=O)O)[C@@H](O)[C@H](O)[C@H]2O)cc2nc(-c3cc(F)c(O[C@@H]4O[C@H](C(=O)O)[C@@H](O)[C@H](O)[C@H]4O)c(F)c3)oc12. The van der Waals surface area contributed by atoms with Crippen molar-refractivity contribution in [2.45, 2.75) is 61.4 Å². The molecule has 0 aliphatic carbocycles. The largest absolute Gasteiger partial charge is 0.479 e. The molecule has 16 nitrogen and oxygen atoms in total. The van der Waals surface area contributed by atoms with Gasteiger partial charge in [0.2, 0.25) is 18.5 Å². The lowest BCUT2D eigenvalue weighted by Crippen LogP contribution is -2.61. The Morgan fingerprint density at radius 1 is 0.778 bits per heavy atom. The average molecular weight is 641 g/mol. The number of oxazole rings is 1. The molecule has 45 heavy (non-hydrogen) atoms. The van der Waals surface area contributed by atoms with E-state index in [1.165, 1.54) is 18.2 Å². The number of hydrogen-bond acceptors (Lipinski definition) is 14. The first kappa shape index (κ1) is 32.1. The third kappa shape index (κ3) is 5.92. The van der Waals surface area contributed by atoms with Gasteiger partial charge in [-0.25, -0.2) is 23.4 Å². The number of fused-ring (bicyclic) bond motifs is 1. The molecule has 2 aromatic carbocycles. The van der Waals surface area contributed by atoms with E-state index in [0.717, 1.165) is 12.1 Å². The first-order valence-electron chi connectivity index (χ1n) is 13.0. The van der Waals surface area contributed by atoms with E-state index in [-0.39, 0.29) is 33.9 Å². The Hall–Kier alpha value is -4.27. The Balaban J connectivity index is 1.41. The van der Waals surface area contributed by atoms with Gasteiger partial charge < -0.3 is 64.2 Å². The summed E-state index contributed by atoms with van der Waals surface area (Å²) < 4.78 is 56.3. The highest BCUT2D eigenvalue weighted by atomic mass is 19.1. The van der Waals surface area contributed by atoms with E-state index in [1.54, 1.807) is 0 Å². The molecule has 0 radical (unpaired) electrons. The number of ether oxygens (including phenoxy) is 4. The number of halogens is 2. The molecule has 0 amide bonds. The molecule has 2 fully saturated rings. The number of aliphatic hydroxyl groups is 6. The zero-order chi connectivity index (χ0) is 32.9. The molecule has 5 rings (SSSR count). The molecule has 2 aliphatic rings. The lowest BCUT2D eigenvalue weighted by Gasteiger charge is -2.38. The van der Waals surface area contributed by atoms with Crippen LogP contribution >= 0.6 is 0 Å². The Morgan fingerprint density at radius 2 is 1.29 bits per heavy atom. The minimum atomic E-state index is -2.08. The van der Waals surface area contributed by atoms with Crippen LogP contribution in [0.1, 0.15) is 5.56 Å². The van der Waals surface area contributed by atoms with Crippen molar-refractivity contribution in [2.75, 3.05) is 0 Å². The summed E-state index contributed by atoms with van der Waals surface area (Å²) in [6.07, 6.45) is -18.5. The summed E-state index contributed by atoms with van der Waals surface area (Å²) in [6, 6.07) is 4.02. The number of aliphatic carboxylic acids is 2. The van der Waals surface area contributed by atoms with Crippen molar-refractivity contribution >= 4 is 29.1 Å². The van der Waals surface area contributed by atoms with Gasteiger partial charge >= 0.3 is 11.9 Å². The summed E-state index contributed by atoms with van der Waals surface area (Å²) in [5.74, 6) is -7.64. The Kier molecular flexibility index (Phi) is 8.75. The van der Waals surface area contributed by atoms with Gasteiger partial charge in [0.1, 0.15) is 47.9 Å². The summed E-state index contributed by atoms with van der Waals surface area (Å²) in [7, 11) is 0. The smallest absolute Gasteiger partial charge is 0.335 e. The first-order valence-corrected chi connectivity index (χ1v) is 13.0. The molecule has 0 bridgehead atoms. The second-order valence-corrected chi connectivity index (χ2v) is 10.1. The van der Waals surface area contributed by atoms with Gasteiger partial charge in [0, 0.05) is 17.2 Å². The van der Waals surface area contributed by atoms with Crippen molar-refractivity contribution < 1.29 is 82.6 Å². The van der Waals surface area contributed by atoms with Crippen LogP contribution in [0.4, 0.5) is 8.78 Å². The minimum Gasteiger partial charge on any atom is -0.479 e. The van der Waals surface area contributed by atoms with Crippen LogP contribution in [0.2, 0.25) is 0 Å². The van der Waals surface area contributed by atoms with Gasteiger partial charge in [-0.3, -0.25) is 0 Å². The standard InChI is InChI=1S/C27H25F2NO15/c1-2-7-3-9(41-26-17(35)13(31)15(33)21(44-26)24(37)38)6-12-19(7)42-23(30-12)8-4-10(28)20(11(29)5-8)43-27-18(36)14(32)16(34)22(45-27)25(39)40/h2-6,13-18,21-22,26-27,31-36H,1H2,(H,37,38)(H,39,40)/t13-,14-,15-,16-,17+,18+,21-,22-,26+,27+/m0/s1. The number of aromatic nitrogens is 1. The second kappa shape index (κ2) is 12.3. The van der Waals surface area contributed by atoms with E-state index in [9.17, 15) is 45.3 Å². The molecule has 10 atom stereocenters. The van der Waals surface area contributed by atoms with E-state index in [0.29, 0.717) is 0 Å². The lowest BCUT2D eigenvalue weighted by atomic mass is 9.99. The van der Waals surface area contributed by atoms with Crippen molar-refractivity contribution in [1.29, 1.82) is 0 Å². The highest BCUT2D eigenvalue weighted by Crippen LogP contribution is 2.36. The van der Waals surface area contributed by atoms with Gasteiger partial charge in [0.05, 0.1) is 0 Å². The molecule has 2 saturated heterocycles. The van der Waals surface area contributed by atoms with Crippen LogP contribution in [-0.2, 0) is 19.1 Å². The molecule has 2 aliphatic heterocycles. The molecule has 0 unspecified atom stereocenters. The quantitative estimate of drug-likeness (QED) is 0.146. The third-order valence-electron chi connectivity index (χ3n) is 7.07. The Labute approximate surface area is 249 Å². The van der Waals surface area contributed by atoms with E-state index in [1.807, 2.05) is 0 Å². The van der Waals surface area contributed by atoms with Crippen LogP contribution in [0.25, 0.3) is 28.6 Å². The Bertz CT molecular complexity index is 1610. The van der Waals surface area contributed by atoms with Gasteiger partial charge in [-0.2, -0.15) is 0 Å². The number of carboxylic acids is 2. The van der Waals surface area contributed by atoms with E-state index < -0.39 is 90.7 Å². The number of carboxylic acid groups (broad SMARTS) is 2. The summed E-state index contributed by atoms with van der Waals surface area (Å²) in [5.41, 5.74) is 0.0519. The number of hydrogen-bond donors (Lipinski definition) is 8. The van der Waals surface area contributed by atoms with Gasteiger partial charge in [-0.1, -0.05) is 12.7 Å². The molecule has 0 spiro atoms. The minimum absolute atomic E-state index is 0.0326. The van der Waals surface area contributed by atoms with Crippen LogP contribution in [0.3, 0.4) is 0 Å². The predicted octanol–water partition coefficient (Wildman–Crippen LogP) is -1.04. The zero-order valence-corrected chi connectivity index (χ0v) is 22.5. The fourth-order valence-corrected chi connectivity index (χ4v) is 4.72. The van der Waals surface area contributed by atoms with Crippen LogP contribution in [0.15, 0.2) is 35.3 Å². The average Bonchev–Trinajstić information content (AvgIpc) is 3.42. The summed E-state index contributed by atoms with van der Waals surface area (Å²) in [4.78, 5) is 26.9. The Morgan fingerprint density at radius 3 is 1.78 bits per heavy atom. The van der Waals surface area contributed by atoms with Crippen molar-refractivity contribution in [3.63, 3.8) is 0 Å². The highest BCUT2D eigenvalue weighted by molar-refractivity contribution is 5.86. The predicted molar refractivity (Wildman–Crippen MR) is 139 cm³/mol. The summed E-state index contributed by atoms with van der Waals surface area (Å²) >= 11 is 0. The van der Waals surface area contributed by atoms with Crippen molar-refractivity contribution in [3.8, 4) is 23.0 Å². The molecule has 3 aromatic rings. The van der Waals surface area contributed by atoms with Crippen LogP contribution in [0, 0.1) is 11.6 Å². The van der Waals surface area contributed by atoms with Crippen molar-refractivity contribution in [2.24, 2.45) is 0 Å². The molecular weight excluding hydrogens is 616 g/mol. The molecule has 8 N–H and O–H groups in total. The van der Waals surface area contributed by atoms with E-state index in [4.69, 9.17) is 28.5 Å². The highest BCUT2D eigenvalue weighted by Gasteiger charge is 2.49. The molecule has 242 valence electrons. The van der Waals surface area contributed by atoms with Crippen LogP contribution in [-0.4, -0.2) is 119 Å². The molecule has 3 heterocycles. The van der Waals surface area contributed by atoms with Gasteiger partial charge in [0.15, 0.2) is 35.2 Å². The summed E-state index contributed by atoms with van der Waals surface area (Å²) in [5, 5.41) is 78.4. The van der Waals surface area contributed by atoms with Gasteiger partial charge in [0.25, 0.3) is 0 Å². The molecule has 1 aromatic heterocycles. The lowest BCUT2D eigenvalue weighted by molar-refractivity contribution is -0.271. The third-order valence-corrected chi connectivity index (χ3v) is 7.07. The van der Waals surface area contributed by atoms with Crippen LogP contribution in [0.5, 0.6) is 11.5 Å². The number of rotatable bonds is 8. The maximum Gasteiger partial charge on any atom is 0.335 e. The number of aliphatic hydroxyl groups excluding tert-OH is 6. The zero-order valence-electron chi connectivity index (χ0n) is 22.5. The fraction of sp³-hybridized carbons (Fsp3) is 0.370. The topological polar surface area (TPSA) is 259 Å². The maximum absolute atomic E-state index is 15.1. The summed E-state index contributed by atoms with van der Waals surface area (Å²) in [6.45, 7) is 3.64. The maximum atomic E-state index is 15.1. The molecule has 18 heteroatoms. The van der Waals surface area contributed by atoms with Gasteiger partial charge in [-0.15, -0.1) is 0 Å². The molecule has 0 saturated carbocycles. The van der Waals surface area contributed by atoms with E-state index >= 15 is 8.78 Å².